The Morgan fingerprint density at radius 2 is 2.00 bits per heavy atom. The highest BCUT2D eigenvalue weighted by molar-refractivity contribution is 7.22. The zero-order chi connectivity index (χ0) is 14.2. The fraction of sp³-hybridized carbons (Fsp3) is 0.467. The molecule has 0 aliphatic carbocycles. The summed E-state index contributed by atoms with van der Waals surface area (Å²) in [5.74, 6) is -0.0524. The maximum Gasteiger partial charge on any atom is 0.323 e. The lowest BCUT2D eigenvalue weighted by Gasteiger charge is -2.36. The molecule has 0 amide bonds. The van der Waals surface area contributed by atoms with Crippen molar-refractivity contribution in [2.45, 2.75) is 12.5 Å². The summed E-state index contributed by atoms with van der Waals surface area (Å²) in [6, 6.07) is 8.22. The number of para-hydroxylation sites is 1. The molecular weight excluding hydrogens is 286 g/mol. The molecule has 1 aromatic carbocycles. The number of rotatable bonds is 2. The molecule has 0 N–H and O–H groups in total. The molecule has 1 aromatic heterocycles. The van der Waals surface area contributed by atoms with E-state index in [4.69, 9.17) is 9.72 Å². The van der Waals surface area contributed by atoms with Crippen molar-refractivity contribution < 1.29 is 9.53 Å². The highest BCUT2D eigenvalue weighted by Gasteiger charge is 2.34. The van der Waals surface area contributed by atoms with Gasteiger partial charge in [-0.3, -0.25) is 9.69 Å². The van der Waals surface area contributed by atoms with Crippen LogP contribution in [-0.2, 0) is 9.53 Å². The van der Waals surface area contributed by atoms with E-state index in [9.17, 15) is 4.79 Å². The highest BCUT2D eigenvalue weighted by atomic mass is 32.1. The van der Waals surface area contributed by atoms with Crippen LogP contribution in [0, 0.1) is 0 Å². The summed E-state index contributed by atoms with van der Waals surface area (Å²) >= 11 is 1.74. The number of fused-ring (bicyclic) bond motifs is 1. The first-order valence-corrected chi connectivity index (χ1v) is 8.14. The van der Waals surface area contributed by atoms with Gasteiger partial charge in [-0.15, -0.1) is 0 Å². The van der Waals surface area contributed by atoms with E-state index in [2.05, 4.69) is 21.9 Å². The average Bonchev–Trinajstić information content (AvgIpc) is 3.13. The maximum absolute atomic E-state index is 11.7. The molecule has 2 aliphatic rings. The Morgan fingerprint density at radius 1 is 1.19 bits per heavy atom. The molecule has 21 heavy (non-hydrogen) atoms. The molecule has 6 heteroatoms. The number of carbonyl (C=O) groups excluding carboxylic acids is 1. The van der Waals surface area contributed by atoms with E-state index in [0.717, 1.165) is 43.2 Å². The van der Waals surface area contributed by atoms with Crippen LogP contribution in [0.15, 0.2) is 24.3 Å². The second kappa shape index (κ2) is 5.27. The molecule has 2 saturated heterocycles. The number of ether oxygens (including phenoxy) is 1. The molecule has 0 saturated carbocycles. The average molecular weight is 303 g/mol. The molecule has 2 fully saturated rings. The third-order valence-electron chi connectivity index (χ3n) is 4.22. The first-order chi connectivity index (χ1) is 10.3. The van der Waals surface area contributed by atoms with Crippen molar-refractivity contribution in [3.8, 4) is 0 Å². The number of carbonyl (C=O) groups is 1. The van der Waals surface area contributed by atoms with Crippen LogP contribution in [0.4, 0.5) is 5.13 Å². The normalized spacial score (nSPS) is 23.7. The fourth-order valence-electron chi connectivity index (χ4n) is 3.04. The lowest BCUT2D eigenvalue weighted by atomic mass is 10.2. The van der Waals surface area contributed by atoms with Gasteiger partial charge in [0.1, 0.15) is 6.04 Å². The van der Waals surface area contributed by atoms with Crippen molar-refractivity contribution in [3.05, 3.63) is 24.3 Å². The van der Waals surface area contributed by atoms with Gasteiger partial charge in [-0.2, -0.15) is 0 Å². The molecule has 5 nitrogen and oxygen atoms in total. The summed E-state index contributed by atoms with van der Waals surface area (Å²) < 4.78 is 6.30. The molecule has 2 aliphatic heterocycles. The van der Waals surface area contributed by atoms with Crippen LogP contribution in [0.3, 0.4) is 0 Å². The standard InChI is InChI=1S/C15H17N3O2S/c19-14-12(5-10-20-14)17-6-8-18(9-7-17)15-16-11-3-1-2-4-13(11)21-15/h1-4,12H,5-10H2/t12-/m1/s1. The Hall–Kier alpha value is -1.66. The number of anilines is 1. The molecule has 0 unspecified atom stereocenters. The van der Waals surface area contributed by atoms with Gasteiger partial charge in [-0.25, -0.2) is 4.98 Å². The summed E-state index contributed by atoms with van der Waals surface area (Å²) in [6.07, 6.45) is 0.833. The van der Waals surface area contributed by atoms with Crippen molar-refractivity contribution in [3.63, 3.8) is 0 Å². The first-order valence-electron chi connectivity index (χ1n) is 7.32. The first kappa shape index (κ1) is 13.0. The second-order valence-corrected chi connectivity index (χ2v) is 6.47. The van der Waals surface area contributed by atoms with Gasteiger partial charge in [0.25, 0.3) is 0 Å². The van der Waals surface area contributed by atoms with Crippen molar-refractivity contribution >= 4 is 32.7 Å². The third kappa shape index (κ3) is 2.38. The van der Waals surface area contributed by atoms with Crippen LogP contribution in [0.25, 0.3) is 10.2 Å². The lowest BCUT2D eigenvalue weighted by molar-refractivity contribution is -0.142. The Balaban J connectivity index is 1.46. The molecule has 4 rings (SSSR count). The Kier molecular flexibility index (Phi) is 3.27. The van der Waals surface area contributed by atoms with E-state index < -0.39 is 0 Å². The molecule has 2 aromatic rings. The Labute approximate surface area is 127 Å². The molecular formula is C15H17N3O2S. The van der Waals surface area contributed by atoms with Gasteiger partial charge in [0.15, 0.2) is 5.13 Å². The van der Waals surface area contributed by atoms with Gasteiger partial charge in [0.2, 0.25) is 0 Å². The SMILES string of the molecule is O=C1OCC[C@H]1N1CCN(c2nc3ccccc3s2)CC1. The fourth-order valence-corrected chi connectivity index (χ4v) is 4.05. The number of esters is 1. The van der Waals surface area contributed by atoms with Crippen LogP contribution in [0.1, 0.15) is 6.42 Å². The van der Waals surface area contributed by atoms with E-state index in [1.54, 1.807) is 11.3 Å². The molecule has 3 heterocycles. The minimum absolute atomic E-state index is 0.0254. The summed E-state index contributed by atoms with van der Waals surface area (Å²) in [5, 5.41) is 1.09. The minimum Gasteiger partial charge on any atom is -0.464 e. The number of hydrogen-bond donors (Lipinski definition) is 0. The van der Waals surface area contributed by atoms with Gasteiger partial charge in [-0.1, -0.05) is 23.5 Å². The second-order valence-electron chi connectivity index (χ2n) is 5.46. The predicted octanol–water partition coefficient (Wildman–Crippen LogP) is 1.73. The topological polar surface area (TPSA) is 45.7 Å². The van der Waals surface area contributed by atoms with Crippen LogP contribution in [-0.4, -0.2) is 54.7 Å². The highest BCUT2D eigenvalue weighted by Crippen LogP contribution is 2.29. The van der Waals surface area contributed by atoms with Gasteiger partial charge >= 0.3 is 5.97 Å². The predicted molar refractivity (Wildman–Crippen MR) is 82.8 cm³/mol. The minimum atomic E-state index is -0.0524. The molecule has 0 bridgehead atoms. The van der Waals surface area contributed by atoms with Crippen molar-refractivity contribution in [2.75, 3.05) is 37.7 Å². The van der Waals surface area contributed by atoms with Crippen molar-refractivity contribution in [2.24, 2.45) is 0 Å². The summed E-state index contributed by atoms with van der Waals surface area (Å²) in [6.45, 7) is 4.21. The Bertz CT molecular complexity index is 631. The molecule has 110 valence electrons. The summed E-state index contributed by atoms with van der Waals surface area (Å²) in [7, 11) is 0. The van der Waals surface area contributed by atoms with Crippen LogP contribution < -0.4 is 4.90 Å². The lowest BCUT2D eigenvalue weighted by Crippen LogP contribution is -2.51. The number of piperazine rings is 1. The van der Waals surface area contributed by atoms with Gasteiger partial charge in [0.05, 0.1) is 16.8 Å². The number of hydrogen-bond acceptors (Lipinski definition) is 6. The molecule has 0 radical (unpaired) electrons. The van der Waals surface area contributed by atoms with Crippen molar-refractivity contribution in [1.29, 1.82) is 0 Å². The van der Waals surface area contributed by atoms with Gasteiger partial charge in [0, 0.05) is 32.6 Å². The van der Waals surface area contributed by atoms with E-state index >= 15 is 0 Å². The largest absolute Gasteiger partial charge is 0.464 e. The van der Waals surface area contributed by atoms with Crippen LogP contribution in [0.5, 0.6) is 0 Å². The van der Waals surface area contributed by atoms with Crippen LogP contribution >= 0.6 is 11.3 Å². The summed E-state index contributed by atoms with van der Waals surface area (Å²) in [5.41, 5.74) is 1.07. The number of cyclic esters (lactones) is 1. The van der Waals surface area contributed by atoms with Gasteiger partial charge in [-0.05, 0) is 12.1 Å². The number of aromatic nitrogens is 1. The zero-order valence-electron chi connectivity index (χ0n) is 11.7. The third-order valence-corrected chi connectivity index (χ3v) is 5.31. The smallest absolute Gasteiger partial charge is 0.323 e. The zero-order valence-corrected chi connectivity index (χ0v) is 12.5. The van der Waals surface area contributed by atoms with E-state index in [1.807, 2.05) is 12.1 Å². The Morgan fingerprint density at radius 3 is 2.71 bits per heavy atom. The van der Waals surface area contributed by atoms with E-state index in [0.29, 0.717) is 6.61 Å². The monoisotopic (exact) mass is 303 g/mol. The van der Waals surface area contributed by atoms with Crippen LogP contribution in [0.2, 0.25) is 0 Å². The van der Waals surface area contributed by atoms with Gasteiger partial charge < -0.3 is 9.64 Å². The maximum atomic E-state index is 11.7. The molecule has 0 spiro atoms. The van der Waals surface area contributed by atoms with E-state index in [1.165, 1.54) is 4.70 Å². The van der Waals surface area contributed by atoms with Crippen molar-refractivity contribution in [1.82, 2.24) is 9.88 Å². The molecule has 1 atom stereocenters. The quantitative estimate of drug-likeness (QED) is 0.791. The number of benzene rings is 1. The number of thiazole rings is 1. The summed E-state index contributed by atoms with van der Waals surface area (Å²) in [4.78, 5) is 20.9. The van der Waals surface area contributed by atoms with E-state index in [-0.39, 0.29) is 12.0 Å². The number of nitrogens with zero attached hydrogens (tertiary/aromatic N) is 3.